The van der Waals surface area contributed by atoms with E-state index in [-0.39, 0.29) is 5.91 Å². The molecule has 7 heteroatoms. The molecule has 0 spiro atoms. The van der Waals surface area contributed by atoms with Crippen LogP contribution in [0.25, 0.3) is 10.8 Å². The number of nitrogens with zero attached hydrogens (tertiary/aromatic N) is 1. The van der Waals surface area contributed by atoms with Crippen molar-refractivity contribution >= 4 is 32.4 Å². The number of ether oxygens (including phenoxy) is 1. The minimum Gasteiger partial charge on any atom is -0.457 e. The highest BCUT2D eigenvalue weighted by Gasteiger charge is 2.29. The highest BCUT2D eigenvalue weighted by atomic mass is 32.2. The second kappa shape index (κ2) is 9.97. The molecule has 0 radical (unpaired) electrons. The predicted octanol–water partition coefficient (Wildman–Crippen LogP) is 5.10. The van der Waals surface area contributed by atoms with Crippen molar-refractivity contribution < 1.29 is 17.9 Å². The molecule has 0 fully saturated rings. The van der Waals surface area contributed by atoms with Crippen molar-refractivity contribution in [2.45, 2.75) is 19.5 Å². The summed E-state index contributed by atoms with van der Waals surface area (Å²) >= 11 is 0. The number of hydrogen-bond donors (Lipinski definition) is 1. The van der Waals surface area contributed by atoms with Crippen LogP contribution in [0.2, 0.25) is 0 Å². The average Bonchev–Trinajstić information content (AvgIpc) is 2.83. The molecule has 4 aromatic carbocycles. The van der Waals surface area contributed by atoms with Gasteiger partial charge in [-0.15, -0.1) is 0 Å². The monoisotopic (exact) mass is 474 g/mol. The van der Waals surface area contributed by atoms with Gasteiger partial charge >= 0.3 is 0 Å². The van der Waals surface area contributed by atoms with Crippen molar-refractivity contribution in [2.75, 3.05) is 10.6 Å². The number of sulfonamides is 1. The van der Waals surface area contributed by atoms with Crippen LogP contribution in [0.3, 0.4) is 0 Å². The Balaban J connectivity index is 1.47. The van der Waals surface area contributed by atoms with Gasteiger partial charge in [-0.3, -0.25) is 9.10 Å². The number of rotatable bonds is 8. The van der Waals surface area contributed by atoms with E-state index in [4.69, 9.17) is 4.74 Å². The van der Waals surface area contributed by atoms with Gasteiger partial charge in [0.1, 0.15) is 17.5 Å². The summed E-state index contributed by atoms with van der Waals surface area (Å²) in [6.45, 7) is 1.88. The van der Waals surface area contributed by atoms with Gasteiger partial charge in [0.25, 0.3) is 0 Å². The normalized spacial score (nSPS) is 12.2. The van der Waals surface area contributed by atoms with E-state index in [1.54, 1.807) is 31.2 Å². The highest BCUT2D eigenvalue weighted by Crippen LogP contribution is 2.27. The van der Waals surface area contributed by atoms with Gasteiger partial charge in [-0.05, 0) is 65.7 Å². The van der Waals surface area contributed by atoms with Crippen molar-refractivity contribution in [3.05, 3.63) is 103 Å². The van der Waals surface area contributed by atoms with E-state index in [1.807, 2.05) is 72.8 Å². The molecule has 6 nitrogen and oxygen atoms in total. The van der Waals surface area contributed by atoms with Crippen molar-refractivity contribution in [1.29, 1.82) is 0 Å². The van der Waals surface area contributed by atoms with Crippen LogP contribution in [0, 0.1) is 0 Å². The molecule has 1 amide bonds. The first-order valence-corrected chi connectivity index (χ1v) is 12.7. The van der Waals surface area contributed by atoms with Gasteiger partial charge < -0.3 is 10.1 Å². The molecule has 4 rings (SSSR count). The summed E-state index contributed by atoms with van der Waals surface area (Å²) in [6, 6.07) is 28.9. The molecule has 1 N–H and O–H groups in total. The summed E-state index contributed by atoms with van der Waals surface area (Å²) in [7, 11) is -3.71. The van der Waals surface area contributed by atoms with E-state index in [9.17, 15) is 13.2 Å². The highest BCUT2D eigenvalue weighted by molar-refractivity contribution is 7.92. The van der Waals surface area contributed by atoms with Crippen LogP contribution in [0.5, 0.6) is 11.5 Å². The molecular formula is C27H26N2O4S. The zero-order valence-electron chi connectivity index (χ0n) is 19.0. The molecule has 34 heavy (non-hydrogen) atoms. The Bertz CT molecular complexity index is 1390. The molecule has 0 bridgehead atoms. The number of benzene rings is 4. The number of carbonyl (C=O) groups is 1. The topological polar surface area (TPSA) is 75.7 Å². The van der Waals surface area contributed by atoms with Crippen LogP contribution in [0.4, 0.5) is 5.69 Å². The summed E-state index contributed by atoms with van der Waals surface area (Å²) in [5.41, 5.74) is 1.32. The van der Waals surface area contributed by atoms with Crippen LogP contribution < -0.4 is 14.4 Å². The maximum Gasteiger partial charge on any atom is 0.243 e. The number of anilines is 1. The third-order valence-electron chi connectivity index (χ3n) is 5.44. The smallest absolute Gasteiger partial charge is 0.243 e. The Labute approximate surface area is 199 Å². The summed E-state index contributed by atoms with van der Waals surface area (Å²) in [4.78, 5) is 12.9. The summed E-state index contributed by atoms with van der Waals surface area (Å²) in [5, 5.41) is 5.06. The summed E-state index contributed by atoms with van der Waals surface area (Å²) in [6.07, 6.45) is 1.09. The molecule has 0 heterocycles. The molecule has 4 aromatic rings. The second-order valence-electron chi connectivity index (χ2n) is 8.04. The maximum absolute atomic E-state index is 12.9. The first kappa shape index (κ1) is 23.3. The largest absolute Gasteiger partial charge is 0.457 e. The molecule has 0 saturated carbocycles. The van der Waals surface area contributed by atoms with Crippen molar-refractivity contribution in [3.8, 4) is 11.5 Å². The summed E-state index contributed by atoms with van der Waals surface area (Å²) in [5.74, 6) is 0.858. The Morgan fingerprint density at radius 1 is 0.853 bits per heavy atom. The zero-order valence-corrected chi connectivity index (χ0v) is 19.8. The van der Waals surface area contributed by atoms with Crippen molar-refractivity contribution in [3.63, 3.8) is 0 Å². The van der Waals surface area contributed by atoms with Gasteiger partial charge in [-0.25, -0.2) is 8.42 Å². The Kier molecular flexibility index (Phi) is 6.84. The number of para-hydroxylation sites is 1. The van der Waals surface area contributed by atoms with Crippen LogP contribution >= 0.6 is 0 Å². The van der Waals surface area contributed by atoms with Gasteiger partial charge in [-0.2, -0.15) is 0 Å². The molecule has 1 atom stereocenters. The summed E-state index contributed by atoms with van der Waals surface area (Å²) < 4.78 is 32.1. The van der Waals surface area contributed by atoms with Crippen molar-refractivity contribution in [1.82, 2.24) is 5.32 Å². The predicted molar refractivity (Wildman–Crippen MR) is 136 cm³/mol. The molecule has 0 unspecified atom stereocenters. The second-order valence-corrected chi connectivity index (χ2v) is 9.90. The first-order valence-electron chi connectivity index (χ1n) is 10.9. The third kappa shape index (κ3) is 5.55. The minimum atomic E-state index is -3.71. The van der Waals surface area contributed by atoms with Gasteiger partial charge in [0.05, 0.1) is 11.9 Å². The Morgan fingerprint density at radius 2 is 1.47 bits per heavy atom. The number of carbonyl (C=O) groups excluding carboxylic acids is 1. The SMILES string of the molecule is C[C@H](C(=O)NCc1ccc2ccccc2c1)N(c1ccc(Oc2ccccc2)cc1)S(C)(=O)=O. The lowest BCUT2D eigenvalue weighted by molar-refractivity contribution is -0.122. The van der Waals surface area contributed by atoms with E-state index >= 15 is 0 Å². The number of amides is 1. The molecule has 174 valence electrons. The van der Waals surface area contributed by atoms with E-state index in [1.165, 1.54) is 0 Å². The fraction of sp³-hybridized carbons (Fsp3) is 0.148. The van der Waals surface area contributed by atoms with Crippen molar-refractivity contribution in [2.24, 2.45) is 0 Å². The molecular weight excluding hydrogens is 448 g/mol. The van der Waals surface area contributed by atoms with Crippen LogP contribution in [0.1, 0.15) is 12.5 Å². The molecule has 0 aliphatic rings. The molecule has 0 saturated heterocycles. The van der Waals surface area contributed by atoms with Gasteiger partial charge in [0, 0.05) is 6.54 Å². The number of hydrogen-bond acceptors (Lipinski definition) is 4. The molecule has 0 aliphatic heterocycles. The minimum absolute atomic E-state index is 0.301. The average molecular weight is 475 g/mol. The van der Waals surface area contributed by atoms with Gasteiger partial charge in [0.15, 0.2) is 0 Å². The number of nitrogens with one attached hydrogen (secondary N) is 1. The maximum atomic E-state index is 12.9. The lowest BCUT2D eigenvalue weighted by Gasteiger charge is -2.28. The van der Waals surface area contributed by atoms with E-state index in [0.29, 0.717) is 23.7 Å². The van der Waals surface area contributed by atoms with Crippen LogP contribution in [-0.2, 0) is 21.4 Å². The van der Waals surface area contributed by atoms with E-state index in [2.05, 4.69) is 5.32 Å². The van der Waals surface area contributed by atoms with Gasteiger partial charge in [-0.1, -0.05) is 54.6 Å². The fourth-order valence-corrected chi connectivity index (χ4v) is 4.95. The van der Waals surface area contributed by atoms with Gasteiger partial charge in [0.2, 0.25) is 15.9 Å². The molecule has 0 aliphatic carbocycles. The van der Waals surface area contributed by atoms with Crippen LogP contribution in [0.15, 0.2) is 97.1 Å². The Hall–Kier alpha value is -3.84. The molecule has 0 aromatic heterocycles. The fourth-order valence-electron chi connectivity index (χ4n) is 3.78. The standard InChI is InChI=1S/C27H26N2O4S/c1-20(27(30)28-19-21-12-13-22-8-6-7-9-23(22)18-21)29(34(2,31)32)24-14-16-26(17-15-24)33-25-10-4-3-5-11-25/h3-18,20H,19H2,1-2H3,(H,28,30)/t20-/m1/s1. The Morgan fingerprint density at radius 3 is 2.15 bits per heavy atom. The third-order valence-corrected chi connectivity index (χ3v) is 6.68. The lowest BCUT2D eigenvalue weighted by Crippen LogP contribution is -2.47. The zero-order chi connectivity index (χ0) is 24.1. The number of fused-ring (bicyclic) bond motifs is 1. The van der Waals surface area contributed by atoms with E-state index < -0.39 is 16.1 Å². The van der Waals surface area contributed by atoms with Crippen LogP contribution in [-0.4, -0.2) is 26.6 Å². The first-order chi connectivity index (χ1) is 16.3. The van der Waals surface area contributed by atoms with E-state index in [0.717, 1.165) is 26.9 Å². The lowest BCUT2D eigenvalue weighted by atomic mass is 10.1. The quantitative estimate of drug-likeness (QED) is 0.385.